The number of nitrogens with zero attached hydrogens (tertiary/aromatic N) is 1. The summed E-state index contributed by atoms with van der Waals surface area (Å²) in [7, 11) is -3.43. The normalized spacial score (nSPS) is 15.1. The molecule has 0 saturated carbocycles. The minimum Gasteiger partial charge on any atom is -0.496 e. The van der Waals surface area contributed by atoms with Crippen molar-refractivity contribution in [2.45, 2.75) is 24.8 Å². The van der Waals surface area contributed by atoms with Gasteiger partial charge in [-0.05, 0) is 60.9 Å². The lowest BCUT2D eigenvalue weighted by Gasteiger charge is -2.24. The van der Waals surface area contributed by atoms with E-state index in [1.165, 1.54) is 12.5 Å². The number of hydrogen-bond donors (Lipinski definition) is 0. The van der Waals surface area contributed by atoms with Crippen molar-refractivity contribution in [2.24, 2.45) is 0 Å². The number of ether oxygens (including phenoxy) is 1. The first-order chi connectivity index (χ1) is 15.4. The minimum atomic E-state index is -4.47. The van der Waals surface area contributed by atoms with E-state index in [9.17, 15) is 21.6 Å². The van der Waals surface area contributed by atoms with Gasteiger partial charge in [-0.15, -0.1) is 0 Å². The Hall–Kier alpha value is -3.13. The largest absolute Gasteiger partial charge is 0.496 e. The van der Waals surface area contributed by atoms with Crippen LogP contribution in [0.1, 0.15) is 25.0 Å². The van der Waals surface area contributed by atoms with Crippen molar-refractivity contribution in [3.05, 3.63) is 83.8 Å². The van der Waals surface area contributed by atoms with Gasteiger partial charge in [-0.1, -0.05) is 24.3 Å². The molecule has 1 aromatic heterocycles. The molecule has 2 aromatic carbocycles. The van der Waals surface area contributed by atoms with Gasteiger partial charge in [-0.3, -0.25) is 4.98 Å². The van der Waals surface area contributed by atoms with Crippen LogP contribution < -0.4 is 0 Å². The fraction of sp³-hybridized carbons (Fsp3) is 0.240. The number of hydrogen-bond acceptors (Lipinski definition) is 4. The van der Waals surface area contributed by atoms with Crippen LogP contribution in [0.15, 0.2) is 72.6 Å². The second kappa shape index (κ2) is 8.02. The topological polar surface area (TPSA) is 56.3 Å². The standard InChI is InChI=1S/C25H22F3NO3S/c1-24(2,33(3,30)31)20-11-18-8-5-9-29-23(18)22(13-20)17-7-4-6-16(10-17)19-12-21(15-32-14-19)25(26,27)28/h4-14H,15H2,1-3H3. The van der Waals surface area contributed by atoms with Gasteiger partial charge in [0.05, 0.1) is 22.1 Å². The maximum atomic E-state index is 13.2. The Morgan fingerprint density at radius 1 is 1.00 bits per heavy atom. The second-order valence-corrected chi connectivity index (χ2v) is 11.1. The molecule has 8 heteroatoms. The molecule has 1 aliphatic rings. The average molecular weight is 474 g/mol. The highest BCUT2D eigenvalue weighted by atomic mass is 32.2. The number of pyridine rings is 1. The molecule has 0 amide bonds. The number of allylic oxidation sites excluding steroid dienone is 2. The fourth-order valence-electron chi connectivity index (χ4n) is 3.64. The molecule has 0 unspecified atom stereocenters. The van der Waals surface area contributed by atoms with Gasteiger partial charge in [0.25, 0.3) is 0 Å². The van der Waals surface area contributed by atoms with Crippen molar-refractivity contribution >= 4 is 26.3 Å². The quantitative estimate of drug-likeness (QED) is 0.464. The summed E-state index contributed by atoms with van der Waals surface area (Å²) >= 11 is 0. The number of rotatable bonds is 4. The predicted molar refractivity (Wildman–Crippen MR) is 123 cm³/mol. The van der Waals surface area contributed by atoms with Gasteiger partial charge in [0, 0.05) is 29.0 Å². The maximum Gasteiger partial charge on any atom is 0.415 e. The Labute approximate surface area is 190 Å². The molecule has 2 heterocycles. The average Bonchev–Trinajstić information content (AvgIpc) is 2.77. The van der Waals surface area contributed by atoms with E-state index in [1.807, 2.05) is 18.2 Å². The predicted octanol–water partition coefficient (Wildman–Crippen LogP) is 6.04. The van der Waals surface area contributed by atoms with Crippen molar-refractivity contribution in [2.75, 3.05) is 12.9 Å². The van der Waals surface area contributed by atoms with E-state index in [2.05, 4.69) is 4.98 Å². The van der Waals surface area contributed by atoms with Crippen LogP contribution >= 0.6 is 0 Å². The van der Waals surface area contributed by atoms with Gasteiger partial charge in [0.2, 0.25) is 0 Å². The SMILES string of the molecule is CC(C)(c1cc(-c2cccc(C3=COCC(C(F)(F)F)=C3)c2)c2ncccc2c1)S(C)(=O)=O. The van der Waals surface area contributed by atoms with Crippen LogP contribution in [0.25, 0.3) is 27.6 Å². The summed E-state index contributed by atoms with van der Waals surface area (Å²) in [5, 5.41) is 0.770. The summed E-state index contributed by atoms with van der Waals surface area (Å²) in [6.07, 6.45) is 0.770. The summed E-state index contributed by atoms with van der Waals surface area (Å²) in [6.45, 7) is 2.77. The van der Waals surface area contributed by atoms with E-state index in [-0.39, 0.29) is 0 Å². The summed E-state index contributed by atoms with van der Waals surface area (Å²) in [5.41, 5.74) is 2.77. The van der Waals surface area contributed by atoms with Crippen molar-refractivity contribution in [3.8, 4) is 11.1 Å². The van der Waals surface area contributed by atoms with E-state index in [4.69, 9.17) is 4.74 Å². The third-order valence-corrected chi connectivity index (χ3v) is 8.07. The molecule has 0 N–H and O–H groups in total. The summed E-state index contributed by atoms with van der Waals surface area (Å²) in [5.74, 6) is 0. The molecular weight excluding hydrogens is 451 g/mol. The third-order valence-electron chi connectivity index (χ3n) is 5.98. The van der Waals surface area contributed by atoms with E-state index in [0.717, 1.165) is 11.5 Å². The van der Waals surface area contributed by atoms with Gasteiger partial charge in [0.1, 0.15) is 6.61 Å². The van der Waals surface area contributed by atoms with Gasteiger partial charge >= 0.3 is 6.18 Å². The Morgan fingerprint density at radius 3 is 2.42 bits per heavy atom. The highest BCUT2D eigenvalue weighted by molar-refractivity contribution is 7.91. The van der Waals surface area contributed by atoms with Crippen LogP contribution in [-0.4, -0.2) is 32.4 Å². The zero-order valence-corrected chi connectivity index (χ0v) is 19.1. The number of benzene rings is 2. The molecule has 0 radical (unpaired) electrons. The Balaban J connectivity index is 1.89. The number of sulfone groups is 1. The number of fused-ring (bicyclic) bond motifs is 1. The number of alkyl halides is 3. The molecule has 4 nitrogen and oxygen atoms in total. The zero-order chi connectivity index (χ0) is 24.0. The summed E-state index contributed by atoms with van der Waals surface area (Å²) in [6, 6.07) is 14.2. The molecular formula is C25H22F3NO3S. The summed E-state index contributed by atoms with van der Waals surface area (Å²) < 4.78 is 68.4. The molecule has 4 rings (SSSR count). The van der Waals surface area contributed by atoms with Crippen molar-refractivity contribution in [1.29, 1.82) is 0 Å². The molecule has 0 aliphatic carbocycles. The highest BCUT2D eigenvalue weighted by Crippen LogP contribution is 2.38. The monoisotopic (exact) mass is 473 g/mol. The zero-order valence-electron chi connectivity index (χ0n) is 18.3. The van der Waals surface area contributed by atoms with Crippen LogP contribution in [0, 0.1) is 0 Å². The number of aromatic nitrogens is 1. The van der Waals surface area contributed by atoms with E-state index < -0.39 is 32.9 Å². The molecule has 0 saturated heterocycles. The van der Waals surface area contributed by atoms with Crippen molar-refractivity contribution in [1.82, 2.24) is 4.98 Å². The van der Waals surface area contributed by atoms with Gasteiger partial charge in [-0.25, -0.2) is 8.42 Å². The first-order valence-electron chi connectivity index (χ1n) is 10.2. The minimum absolute atomic E-state index is 0.306. The van der Waals surface area contributed by atoms with Crippen LogP contribution in [0.5, 0.6) is 0 Å². The van der Waals surface area contributed by atoms with Crippen LogP contribution in [-0.2, 0) is 19.3 Å². The lowest BCUT2D eigenvalue weighted by atomic mass is 9.92. The fourth-order valence-corrected chi connectivity index (χ4v) is 4.19. The van der Waals surface area contributed by atoms with Gasteiger partial charge in [-0.2, -0.15) is 13.2 Å². The van der Waals surface area contributed by atoms with Gasteiger partial charge < -0.3 is 4.74 Å². The molecule has 0 spiro atoms. The molecule has 0 atom stereocenters. The molecule has 0 fully saturated rings. The van der Waals surface area contributed by atoms with Crippen LogP contribution in [0.4, 0.5) is 13.2 Å². The maximum absolute atomic E-state index is 13.2. The lowest BCUT2D eigenvalue weighted by molar-refractivity contribution is -0.0983. The first-order valence-corrected chi connectivity index (χ1v) is 12.1. The molecule has 33 heavy (non-hydrogen) atoms. The molecule has 0 bridgehead atoms. The van der Waals surface area contributed by atoms with E-state index in [0.29, 0.717) is 33.3 Å². The van der Waals surface area contributed by atoms with Crippen LogP contribution in [0.2, 0.25) is 0 Å². The molecule has 172 valence electrons. The van der Waals surface area contributed by atoms with Crippen LogP contribution in [0.3, 0.4) is 0 Å². The number of halogens is 3. The van der Waals surface area contributed by atoms with Crippen molar-refractivity contribution < 1.29 is 26.3 Å². The highest BCUT2D eigenvalue weighted by Gasteiger charge is 2.35. The van der Waals surface area contributed by atoms with E-state index in [1.54, 1.807) is 50.4 Å². The van der Waals surface area contributed by atoms with E-state index >= 15 is 0 Å². The van der Waals surface area contributed by atoms with Crippen molar-refractivity contribution in [3.63, 3.8) is 0 Å². The molecule has 1 aliphatic heterocycles. The first kappa shape index (κ1) is 23.0. The van der Waals surface area contributed by atoms with Gasteiger partial charge in [0.15, 0.2) is 9.84 Å². The Bertz CT molecular complexity index is 1400. The Kier molecular flexibility index (Phi) is 5.60. The lowest BCUT2D eigenvalue weighted by Crippen LogP contribution is -2.28. The Morgan fingerprint density at radius 2 is 1.73 bits per heavy atom. The third kappa shape index (κ3) is 4.39. The smallest absolute Gasteiger partial charge is 0.415 e. The summed E-state index contributed by atoms with van der Waals surface area (Å²) in [4.78, 5) is 4.48. The second-order valence-electron chi connectivity index (χ2n) is 8.51. The molecule has 3 aromatic rings.